The van der Waals surface area contributed by atoms with Crippen LogP contribution >= 0.6 is 11.8 Å². The number of aryl methyl sites for hydroxylation is 2. The van der Waals surface area contributed by atoms with Gasteiger partial charge in [0, 0.05) is 22.7 Å². The second kappa shape index (κ2) is 8.68. The van der Waals surface area contributed by atoms with Crippen LogP contribution in [-0.4, -0.2) is 56.4 Å². The molecular formula is C27H31N3O4S. The van der Waals surface area contributed by atoms with Gasteiger partial charge < -0.3 is 20.6 Å². The summed E-state index contributed by atoms with van der Waals surface area (Å²) in [7, 11) is 0. The predicted molar refractivity (Wildman–Crippen MR) is 137 cm³/mol. The number of thioether (sulfide) groups is 1. The maximum Gasteiger partial charge on any atom is 0.248 e. The fraction of sp³-hybridized carbons (Fsp3) is 0.444. The number of nitrogens with zero attached hydrogens (tertiary/aromatic N) is 1. The Bertz CT molecular complexity index is 1170. The van der Waals surface area contributed by atoms with Gasteiger partial charge in [-0.15, -0.1) is 11.8 Å². The van der Waals surface area contributed by atoms with Crippen molar-refractivity contribution in [1.29, 1.82) is 0 Å². The summed E-state index contributed by atoms with van der Waals surface area (Å²) in [5.41, 5.74) is 3.32. The first-order chi connectivity index (χ1) is 16.7. The van der Waals surface area contributed by atoms with Crippen LogP contribution in [0.2, 0.25) is 0 Å². The van der Waals surface area contributed by atoms with E-state index in [0.717, 1.165) is 23.2 Å². The predicted octanol–water partition coefficient (Wildman–Crippen LogP) is 3.35. The number of carbonyl (C=O) groups is 3. The van der Waals surface area contributed by atoms with Gasteiger partial charge in [0.1, 0.15) is 6.04 Å². The molecule has 5 atom stereocenters. The zero-order valence-corrected chi connectivity index (χ0v) is 21.0. The molecule has 2 aromatic carbocycles. The molecule has 3 N–H and O–H groups in total. The molecule has 35 heavy (non-hydrogen) atoms. The molecule has 2 aromatic rings. The first-order valence-corrected chi connectivity index (χ1v) is 12.9. The lowest BCUT2D eigenvalue weighted by atomic mass is 9.66. The van der Waals surface area contributed by atoms with Gasteiger partial charge in [0.25, 0.3) is 0 Å². The van der Waals surface area contributed by atoms with Crippen LogP contribution in [0.25, 0.3) is 0 Å². The van der Waals surface area contributed by atoms with Crippen LogP contribution < -0.4 is 10.6 Å². The van der Waals surface area contributed by atoms with Crippen LogP contribution in [0.4, 0.5) is 11.4 Å². The number of carbonyl (C=O) groups excluding carboxylic acids is 3. The van der Waals surface area contributed by atoms with Crippen molar-refractivity contribution in [2.45, 2.75) is 49.1 Å². The highest BCUT2D eigenvalue weighted by Gasteiger charge is 2.77. The van der Waals surface area contributed by atoms with Crippen LogP contribution in [0.1, 0.15) is 30.9 Å². The SMILES string of the molecule is Cc1cccc(C)c1NC(=O)C1N(CCO)C(=O)[C@@H]2[C@@H](C(=O)Nc3ccccc3)[C@@]3(C)CCC12S3. The van der Waals surface area contributed by atoms with Crippen molar-refractivity contribution >= 4 is 40.9 Å². The zero-order chi connectivity index (χ0) is 25.0. The summed E-state index contributed by atoms with van der Waals surface area (Å²) in [6.07, 6.45) is 1.42. The van der Waals surface area contributed by atoms with Crippen LogP contribution in [0.5, 0.6) is 0 Å². The lowest BCUT2D eigenvalue weighted by Gasteiger charge is -2.35. The Morgan fingerprint density at radius 2 is 1.71 bits per heavy atom. The van der Waals surface area contributed by atoms with Crippen LogP contribution in [-0.2, 0) is 14.4 Å². The Kier molecular flexibility index (Phi) is 5.92. The number of para-hydroxylation sites is 2. The minimum absolute atomic E-state index is 0.0617. The van der Waals surface area contributed by atoms with Crippen molar-refractivity contribution in [1.82, 2.24) is 4.90 Å². The number of β-amino-alcohol motifs (C(OH)–C–C–N with tert-alkyl or cyclic N) is 1. The first kappa shape index (κ1) is 23.9. The smallest absolute Gasteiger partial charge is 0.248 e. The molecule has 7 nitrogen and oxygen atoms in total. The summed E-state index contributed by atoms with van der Waals surface area (Å²) in [4.78, 5) is 42.7. The van der Waals surface area contributed by atoms with Gasteiger partial charge in [0.2, 0.25) is 17.7 Å². The van der Waals surface area contributed by atoms with E-state index in [4.69, 9.17) is 0 Å². The number of amides is 3. The topological polar surface area (TPSA) is 98.7 Å². The van der Waals surface area contributed by atoms with Gasteiger partial charge in [0.05, 0.1) is 23.2 Å². The molecule has 3 saturated heterocycles. The molecule has 0 saturated carbocycles. The highest BCUT2D eigenvalue weighted by atomic mass is 32.2. The first-order valence-electron chi connectivity index (χ1n) is 12.1. The van der Waals surface area contributed by atoms with E-state index in [-0.39, 0.29) is 30.9 Å². The molecule has 1 spiro atoms. The van der Waals surface area contributed by atoms with Crippen molar-refractivity contribution < 1.29 is 19.5 Å². The number of rotatable bonds is 6. The van der Waals surface area contributed by atoms with Gasteiger partial charge in [-0.25, -0.2) is 0 Å². The number of fused-ring (bicyclic) bond motifs is 1. The van der Waals surface area contributed by atoms with Gasteiger partial charge in [-0.2, -0.15) is 0 Å². The molecular weight excluding hydrogens is 462 g/mol. The second-order valence-corrected chi connectivity index (χ2v) is 12.0. The molecule has 0 aromatic heterocycles. The molecule has 3 aliphatic rings. The molecule has 3 heterocycles. The maximum atomic E-state index is 13.8. The highest BCUT2D eigenvalue weighted by Crippen LogP contribution is 2.71. The normalized spacial score (nSPS) is 30.9. The number of hydrogen-bond acceptors (Lipinski definition) is 5. The number of aliphatic hydroxyl groups is 1. The monoisotopic (exact) mass is 493 g/mol. The fourth-order valence-corrected chi connectivity index (χ4v) is 8.78. The molecule has 2 unspecified atom stereocenters. The summed E-state index contributed by atoms with van der Waals surface area (Å²) in [6, 6.07) is 14.3. The highest BCUT2D eigenvalue weighted by molar-refractivity contribution is 8.02. The van der Waals surface area contributed by atoms with Gasteiger partial charge in [-0.1, -0.05) is 36.4 Å². The Morgan fingerprint density at radius 3 is 2.37 bits per heavy atom. The van der Waals surface area contributed by atoms with Crippen molar-refractivity contribution in [2.24, 2.45) is 11.8 Å². The quantitative estimate of drug-likeness (QED) is 0.573. The Hall–Kier alpha value is -2.84. The standard InChI is InChI=1S/C27H31N3O4S/c1-16-8-7-9-17(2)21(16)29-24(33)22-27-13-12-26(3,35-27)19(20(27)25(34)30(22)14-15-31)23(32)28-18-10-5-4-6-11-18/h4-11,19-20,22,31H,12-15H2,1-3H3,(H,28,32)(H,29,33)/t19-,20-,22?,26+,27?/m0/s1. The summed E-state index contributed by atoms with van der Waals surface area (Å²) in [6.45, 7) is 5.74. The van der Waals surface area contributed by atoms with Crippen molar-refractivity contribution in [3.05, 3.63) is 59.7 Å². The third-order valence-corrected chi connectivity index (χ3v) is 9.90. The second-order valence-electron chi connectivity index (χ2n) is 10.1. The number of aliphatic hydroxyl groups excluding tert-OH is 1. The van der Waals surface area contributed by atoms with E-state index < -0.39 is 27.4 Å². The number of anilines is 2. The van der Waals surface area contributed by atoms with E-state index in [1.54, 1.807) is 11.8 Å². The average molecular weight is 494 g/mol. The van der Waals surface area contributed by atoms with E-state index in [1.807, 2.05) is 69.3 Å². The van der Waals surface area contributed by atoms with E-state index in [0.29, 0.717) is 12.1 Å². The largest absolute Gasteiger partial charge is 0.395 e. The van der Waals surface area contributed by atoms with Crippen molar-refractivity contribution in [3.63, 3.8) is 0 Å². The van der Waals surface area contributed by atoms with Gasteiger partial charge in [-0.3, -0.25) is 14.4 Å². The van der Waals surface area contributed by atoms with Crippen LogP contribution in [0.15, 0.2) is 48.5 Å². The van der Waals surface area contributed by atoms with E-state index in [2.05, 4.69) is 10.6 Å². The molecule has 3 fully saturated rings. The van der Waals surface area contributed by atoms with E-state index in [1.165, 1.54) is 4.90 Å². The van der Waals surface area contributed by atoms with Crippen molar-refractivity contribution in [3.8, 4) is 0 Å². The Morgan fingerprint density at radius 1 is 1.03 bits per heavy atom. The lowest BCUT2D eigenvalue weighted by Crippen LogP contribution is -2.52. The molecule has 2 bridgehead atoms. The average Bonchev–Trinajstić information content (AvgIpc) is 3.38. The summed E-state index contributed by atoms with van der Waals surface area (Å²) in [5.74, 6) is -1.84. The molecule has 8 heteroatoms. The summed E-state index contributed by atoms with van der Waals surface area (Å²) >= 11 is 1.62. The summed E-state index contributed by atoms with van der Waals surface area (Å²) in [5, 5.41) is 15.8. The molecule has 3 amide bonds. The lowest BCUT2D eigenvalue weighted by molar-refractivity contribution is -0.139. The minimum atomic E-state index is -0.757. The van der Waals surface area contributed by atoms with Gasteiger partial charge in [0.15, 0.2) is 0 Å². The Balaban J connectivity index is 1.51. The number of benzene rings is 2. The number of likely N-dealkylation sites (tertiary alicyclic amines) is 1. The molecule has 5 rings (SSSR count). The van der Waals surface area contributed by atoms with Crippen molar-refractivity contribution in [2.75, 3.05) is 23.8 Å². The molecule has 184 valence electrons. The zero-order valence-electron chi connectivity index (χ0n) is 20.2. The van der Waals surface area contributed by atoms with Crippen LogP contribution in [0, 0.1) is 25.7 Å². The third kappa shape index (κ3) is 3.65. The third-order valence-electron chi connectivity index (χ3n) is 7.92. The van der Waals surface area contributed by atoms with E-state index >= 15 is 0 Å². The Labute approximate surface area is 209 Å². The fourth-order valence-electron chi connectivity index (χ4n) is 6.42. The summed E-state index contributed by atoms with van der Waals surface area (Å²) < 4.78 is -1.15. The van der Waals surface area contributed by atoms with Crippen LogP contribution in [0.3, 0.4) is 0 Å². The number of nitrogens with one attached hydrogen (secondary N) is 2. The van der Waals surface area contributed by atoms with E-state index in [9.17, 15) is 19.5 Å². The van der Waals surface area contributed by atoms with Gasteiger partial charge in [-0.05, 0) is 56.9 Å². The maximum absolute atomic E-state index is 13.8. The van der Waals surface area contributed by atoms with Gasteiger partial charge >= 0.3 is 0 Å². The minimum Gasteiger partial charge on any atom is -0.395 e. The molecule has 0 radical (unpaired) electrons. The number of hydrogen-bond donors (Lipinski definition) is 3. The molecule has 3 aliphatic heterocycles. The molecule has 0 aliphatic carbocycles.